The molecule has 0 spiro atoms. The molecule has 1 aliphatic heterocycles. The molecule has 1 unspecified atom stereocenters. The number of ether oxygens (including phenoxy) is 4. The van der Waals surface area contributed by atoms with Gasteiger partial charge in [0.05, 0.1) is 6.10 Å². The normalized spacial score (nSPS) is 19.7. The molecule has 360 valence electrons. The second-order valence-electron chi connectivity index (χ2n) is 16.3. The predicted octanol–water partition coefficient (Wildman–Crippen LogP) is 13.8. The number of halogens is 4. The summed E-state index contributed by atoms with van der Waals surface area (Å²) < 4.78 is 69.1. The predicted molar refractivity (Wildman–Crippen MR) is 250 cm³/mol. The van der Waals surface area contributed by atoms with Gasteiger partial charge in [-0.2, -0.15) is 0 Å². The van der Waals surface area contributed by atoms with Crippen molar-refractivity contribution in [3.8, 4) is 11.5 Å². The van der Waals surface area contributed by atoms with Crippen LogP contribution < -0.4 is 14.4 Å². The van der Waals surface area contributed by atoms with E-state index in [1.165, 1.54) is 89.9 Å². The molecule has 1 heterocycles. The molecule has 0 radical (unpaired) electrons. The number of para-hydroxylation sites is 2. The summed E-state index contributed by atoms with van der Waals surface area (Å²) in [6.45, 7) is 3.31. The zero-order chi connectivity index (χ0) is 45.6. The summed E-state index contributed by atoms with van der Waals surface area (Å²) in [7, 11) is -4.68. The molecule has 6 atom stereocenters. The number of carbonyl (C=O) groups is 1. The Morgan fingerprint density at radius 1 is 0.730 bits per heavy atom. The van der Waals surface area contributed by atoms with Crippen LogP contribution >= 0.6 is 42.6 Å². The first-order valence-electron chi connectivity index (χ1n) is 23.4. The third kappa shape index (κ3) is 24.5. The van der Waals surface area contributed by atoms with Gasteiger partial charge in [-0.3, -0.25) is 4.52 Å². The van der Waals surface area contributed by atoms with E-state index >= 15 is 0 Å². The number of hydrogen-bond donors (Lipinski definition) is 2. The molecule has 1 fully saturated rings. The van der Waals surface area contributed by atoms with Crippen LogP contribution in [-0.4, -0.2) is 78.2 Å². The van der Waals surface area contributed by atoms with E-state index in [9.17, 15) is 18.9 Å². The van der Waals surface area contributed by atoms with Crippen LogP contribution in [0.1, 0.15) is 149 Å². The summed E-state index contributed by atoms with van der Waals surface area (Å²) in [4.78, 5) is 13.0. The highest BCUT2D eigenvalue weighted by molar-refractivity contribution is 7.49. The van der Waals surface area contributed by atoms with E-state index in [2.05, 4.69) is 19.2 Å². The Morgan fingerprint density at radius 3 is 1.71 bits per heavy atom. The first kappa shape index (κ1) is 55.5. The monoisotopic (exact) mass is 967 g/mol. The summed E-state index contributed by atoms with van der Waals surface area (Å²) >= 11 is 17.4. The van der Waals surface area contributed by atoms with E-state index in [1.807, 2.05) is 0 Å². The molecule has 0 bridgehead atoms. The molecular weight excluding hydrogens is 895 g/mol. The van der Waals surface area contributed by atoms with Gasteiger partial charge in [-0.25, -0.2) is 13.8 Å². The Hall–Kier alpha value is -1.86. The van der Waals surface area contributed by atoms with Crippen molar-refractivity contribution >= 4 is 48.7 Å². The van der Waals surface area contributed by atoms with E-state index in [4.69, 9.17) is 67.3 Å². The summed E-state index contributed by atoms with van der Waals surface area (Å²) in [5.41, 5.74) is 0. The van der Waals surface area contributed by atoms with Crippen LogP contribution in [0, 0.1) is 0 Å². The Morgan fingerprint density at radius 2 is 1.22 bits per heavy atom. The van der Waals surface area contributed by atoms with Crippen molar-refractivity contribution in [3.05, 3.63) is 60.7 Å². The fourth-order valence-electron chi connectivity index (χ4n) is 7.45. The number of phosphoric acid groups is 1. The van der Waals surface area contributed by atoms with Crippen molar-refractivity contribution in [1.29, 1.82) is 0 Å². The molecular formula is C47H74Cl3FNO10P. The van der Waals surface area contributed by atoms with Crippen molar-refractivity contribution in [2.45, 2.75) is 189 Å². The van der Waals surface area contributed by atoms with Crippen LogP contribution in [0.15, 0.2) is 60.7 Å². The summed E-state index contributed by atoms with van der Waals surface area (Å²) in [5.74, 6) is 0.290. The largest absolute Gasteiger partial charge is 0.588 e. The van der Waals surface area contributed by atoms with Gasteiger partial charge in [-0.15, -0.1) is 0 Å². The number of rotatable bonds is 35. The molecule has 0 saturated carbocycles. The molecule has 16 heteroatoms. The highest BCUT2D eigenvalue weighted by Gasteiger charge is 2.52. The minimum Gasteiger partial charge on any atom is -0.445 e. The third-order valence-electron chi connectivity index (χ3n) is 10.9. The Labute approximate surface area is 391 Å². The summed E-state index contributed by atoms with van der Waals surface area (Å²) in [6, 6.07) is 15.0. The van der Waals surface area contributed by atoms with Gasteiger partial charge in [0.2, 0.25) is 3.79 Å². The van der Waals surface area contributed by atoms with E-state index in [1.54, 1.807) is 60.7 Å². The zero-order valence-electron chi connectivity index (χ0n) is 37.5. The number of unbranched alkanes of at least 4 members (excludes halogenated alkanes) is 17. The highest BCUT2D eigenvalue weighted by Crippen LogP contribution is 2.52. The number of aliphatic hydroxyl groups is 1. The van der Waals surface area contributed by atoms with Crippen LogP contribution in [0.4, 0.5) is 9.18 Å². The fourth-order valence-corrected chi connectivity index (χ4v) is 9.05. The minimum atomic E-state index is -4.68. The Bertz CT molecular complexity index is 1460. The second-order valence-corrected chi connectivity index (χ2v) is 20.3. The molecule has 2 N–H and O–H groups in total. The maximum atomic E-state index is 14.9. The van der Waals surface area contributed by atoms with Gasteiger partial charge < -0.3 is 38.4 Å². The lowest BCUT2D eigenvalue weighted by molar-refractivity contribution is -0.254. The maximum absolute atomic E-state index is 14.9. The standard InChI is InChI=1S/C47H74Cl3FNO10P/c1-3-5-7-9-11-13-15-17-19-27-34-56-38(28-22-18-16-14-12-10-8-6-4-2)33-35-57-44-42(52-46(54)58-37-47(48,49)50)45(53)59-41(36-51)43(44)62-63(55,60-39-29-23-20-24-30-39)61-40-31-25-21-26-32-40/h20-21,23-26,29-32,38,41-45,53H,3-19,22,27-28,33-37H2,1-2H3,(H,52,54)/t38-,41-,42-,43-,44-,45?/m1/s1. The zero-order valence-corrected chi connectivity index (χ0v) is 40.7. The number of amides is 1. The van der Waals surface area contributed by atoms with E-state index in [0.29, 0.717) is 13.0 Å². The maximum Gasteiger partial charge on any atom is 0.588 e. The van der Waals surface area contributed by atoms with Crippen LogP contribution in [0.3, 0.4) is 0 Å². The fraction of sp³-hybridized carbons (Fsp3) is 0.723. The number of carbonyl (C=O) groups excluding carboxylic acids is 1. The molecule has 1 aliphatic rings. The first-order chi connectivity index (χ1) is 30.5. The lowest BCUT2D eigenvalue weighted by Crippen LogP contribution is -2.65. The minimum absolute atomic E-state index is 0.0428. The highest BCUT2D eigenvalue weighted by atomic mass is 35.6. The van der Waals surface area contributed by atoms with Crippen LogP contribution in [0.2, 0.25) is 0 Å². The van der Waals surface area contributed by atoms with Crippen molar-refractivity contribution in [1.82, 2.24) is 5.32 Å². The van der Waals surface area contributed by atoms with Crippen molar-refractivity contribution in [2.75, 3.05) is 26.5 Å². The van der Waals surface area contributed by atoms with Gasteiger partial charge in [0.15, 0.2) is 6.29 Å². The van der Waals surface area contributed by atoms with Crippen LogP contribution in [-0.2, 0) is 28.0 Å². The van der Waals surface area contributed by atoms with Crippen LogP contribution in [0.25, 0.3) is 0 Å². The third-order valence-corrected chi connectivity index (χ3v) is 12.6. The lowest BCUT2D eigenvalue weighted by atomic mass is 9.97. The molecule has 0 aromatic heterocycles. The molecule has 3 rings (SSSR count). The summed E-state index contributed by atoms with van der Waals surface area (Å²) in [5, 5.41) is 13.7. The number of aliphatic hydroxyl groups excluding tert-OH is 1. The number of hydrogen-bond acceptors (Lipinski definition) is 10. The quantitative estimate of drug-likeness (QED) is 0.0391. The molecule has 1 saturated heterocycles. The number of nitrogens with one attached hydrogen (secondary N) is 1. The van der Waals surface area contributed by atoms with Gasteiger partial charge >= 0.3 is 13.9 Å². The molecule has 11 nitrogen and oxygen atoms in total. The van der Waals surface area contributed by atoms with Gasteiger partial charge in [0.25, 0.3) is 0 Å². The number of alkyl carbamates (subject to hydrolysis) is 1. The molecule has 63 heavy (non-hydrogen) atoms. The van der Waals surface area contributed by atoms with E-state index < -0.39 is 61.6 Å². The smallest absolute Gasteiger partial charge is 0.445 e. The van der Waals surface area contributed by atoms with E-state index in [-0.39, 0.29) is 24.2 Å². The number of phosphoric ester groups is 1. The molecule has 1 amide bonds. The van der Waals surface area contributed by atoms with Gasteiger partial charge in [-0.05, 0) is 43.5 Å². The topological polar surface area (TPSA) is 131 Å². The average Bonchev–Trinajstić information content (AvgIpc) is 3.26. The van der Waals surface area contributed by atoms with Gasteiger partial charge in [0.1, 0.15) is 49.1 Å². The average molecular weight is 969 g/mol. The van der Waals surface area contributed by atoms with Crippen molar-refractivity contribution in [2.24, 2.45) is 0 Å². The first-order valence-corrected chi connectivity index (χ1v) is 26.0. The Balaban J connectivity index is 1.78. The van der Waals surface area contributed by atoms with Crippen molar-refractivity contribution in [3.63, 3.8) is 0 Å². The molecule has 2 aromatic rings. The Kier molecular flexibility index (Phi) is 28.8. The lowest BCUT2D eigenvalue weighted by Gasteiger charge is -2.44. The van der Waals surface area contributed by atoms with E-state index in [0.717, 1.165) is 38.5 Å². The second kappa shape index (κ2) is 32.8. The van der Waals surface area contributed by atoms with Gasteiger partial charge in [0, 0.05) is 13.2 Å². The van der Waals surface area contributed by atoms with Crippen molar-refractivity contribution < 1.29 is 51.4 Å². The number of benzene rings is 2. The SMILES string of the molecule is CCCCCCCCCCCCO[C@H](CCCCCCCCCCC)CCO[C@H]1[C@H](OP(=O)(Oc2ccccc2)Oc2ccccc2)[C@@H](CF)OC(O)[C@@H]1NC(=O)OCC(Cl)(Cl)Cl. The van der Waals surface area contributed by atoms with Gasteiger partial charge in [-0.1, -0.05) is 201 Å². The molecule has 2 aromatic carbocycles. The molecule has 0 aliphatic carbocycles. The number of alkyl halides is 4. The summed E-state index contributed by atoms with van der Waals surface area (Å²) in [6.07, 6.45) is 16.7. The van der Waals surface area contributed by atoms with Crippen LogP contribution in [0.5, 0.6) is 11.5 Å².